The Morgan fingerprint density at radius 3 is 2.59 bits per heavy atom. The van der Waals surface area contributed by atoms with Crippen LogP contribution in [0.5, 0.6) is 5.75 Å². The fourth-order valence-electron chi connectivity index (χ4n) is 2.62. The van der Waals surface area contributed by atoms with Gasteiger partial charge in [0.2, 0.25) is 10.0 Å². The van der Waals surface area contributed by atoms with Crippen molar-refractivity contribution >= 4 is 10.0 Å². The van der Waals surface area contributed by atoms with Crippen LogP contribution in [0, 0.1) is 6.92 Å². The Labute approximate surface area is 159 Å². The average Bonchev–Trinajstić information content (AvgIpc) is 3.09. The molecule has 0 unspecified atom stereocenters. The van der Waals surface area contributed by atoms with E-state index in [1.807, 2.05) is 39.2 Å². The zero-order chi connectivity index (χ0) is 19.4. The molecule has 0 aliphatic carbocycles. The molecule has 1 N–H and O–H groups in total. The quantitative estimate of drug-likeness (QED) is 0.675. The Kier molecular flexibility index (Phi) is 5.57. The Balaban J connectivity index is 1.69. The molecule has 0 aliphatic rings. The molecule has 27 heavy (non-hydrogen) atoms. The number of nitrogens with zero attached hydrogens (tertiary/aromatic N) is 3. The highest BCUT2D eigenvalue weighted by molar-refractivity contribution is 7.89. The summed E-state index contributed by atoms with van der Waals surface area (Å²) in [7, 11) is -1.78. The van der Waals surface area contributed by atoms with Gasteiger partial charge in [-0.15, -0.1) is 0 Å². The van der Waals surface area contributed by atoms with E-state index in [4.69, 9.17) is 4.74 Å². The lowest BCUT2D eigenvalue weighted by molar-refractivity contribution is 0.337. The van der Waals surface area contributed by atoms with E-state index in [2.05, 4.69) is 14.8 Å². The lowest BCUT2D eigenvalue weighted by Crippen LogP contribution is -2.23. The van der Waals surface area contributed by atoms with Crippen LogP contribution in [0.3, 0.4) is 0 Å². The first-order valence-electron chi connectivity index (χ1n) is 8.56. The van der Waals surface area contributed by atoms with Gasteiger partial charge >= 0.3 is 0 Å². The fraction of sp³-hybridized carbons (Fsp3) is 0.263. The molecule has 142 valence electrons. The van der Waals surface area contributed by atoms with E-state index >= 15 is 0 Å². The molecule has 0 spiro atoms. The summed E-state index contributed by atoms with van der Waals surface area (Å²) in [5, 5.41) is 4.12. The minimum Gasteiger partial charge on any atom is -0.494 e. The van der Waals surface area contributed by atoms with Crippen LogP contribution in [-0.4, -0.2) is 29.8 Å². The van der Waals surface area contributed by atoms with Crippen LogP contribution in [-0.2, 0) is 23.6 Å². The number of aryl methyl sites for hydroxylation is 2. The van der Waals surface area contributed by atoms with Crippen LogP contribution in [0.1, 0.15) is 18.1 Å². The second-order valence-corrected chi connectivity index (χ2v) is 7.91. The summed E-state index contributed by atoms with van der Waals surface area (Å²) in [5.41, 5.74) is 3.25. The topological polar surface area (TPSA) is 86.1 Å². The van der Waals surface area contributed by atoms with Crippen molar-refractivity contribution in [2.45, 2.75) is 25.3 Å². The van der Waals surface area contributed by atoms with Gasteiger partial charge in [0.25, 0.3) is 0 Å². The monoisotopic (exact) mass is 386 g/mol. The fourth-order valence-corrected chi connectivity index (χ4v) is 3.72. The maximum Gasteiger partial charge on any atom is 0.240 e. The molecule has 7 nitrogen and oxygen atoms in total. The Morgan fingerprint density at radius 2 is 2.00 bits per heavy atom. The van der Waals surface area contributed by atoms with E-state index in [9.17, 15) is 8.42 Å². The molecule has 0 bridgehead atoms. The molecular weight excluding hydrogens is 364 g/mol. The van der Waals surface area contributed by atoms with E-state index in [-0.39, 0.29) is 11.4 Å². The van der Waals surface area contributed by atoms with Gasteiger partial charge in [0, 0.05) is 31.5 Å². The van der Waals surface area contributed by atoms with E-state index in [0.717, 1.165) is 22.4 Å². The lowest BCUT2D eigenvalue weighted by atomic mass is 10.2. The van der Waals surface area contributed by atoms with E-state index in [1.54, 1.807) is 35.3 Å². The third-order valence-electron chi connectivity index (χ3n) is 4.05. The van der Waals surface area contributed by atoms with Gasteiger partial charge in [0.1, 0.15) is 5.75 Å². The Bertz CT molecular complexity index is 1030. The summed E-state index contributed by atoms with van der Waals surface area (Å²) in [5.74, 6) is 0.687. The molecule has 0 fully saturated rings. The molecule has 0 aliphatic heterocycles. The van der Waals surface area contributed by atoms with Crippen molar-refractivity contribution in [3.05, 3.63) is 60.0 Å². The molecule has 3 rings (SSSR count). The normalized spacial score (nSPS) is 11.5. The van der Waals surface area contributed by atoms with Crippen molar-refractivity contribution in [1.29, 1.82) is 0 Å². The van der Waals surface area contributed by atoms with Gasteiger partial charge in [-0.2, -0.15) is 5.10 Å². The number of hydrogen-bond donors (Lipinski definition) is 1. The van der Waals surface area contributed by atoms with Gasteiger partial charge in [-0.3, -0.25) is 9.67 Å². The number of hydrogen-bond acceptors (Lipinski definition) is 5. The number of aromatic nitrogens is 3. The van der Waals surface area contributed by atoms with Crippen LogP contribution < -0.4 is 9.46 Å². The Morgan fingerprint density at radius 1 is 1.19 bits per heavy atom. The van der Waals surface area contributed by atoms with Gasteiger partial charge in [0.15, 0.2) is 0 Å². The number of benzene rings is 1. The van der Waals surface area contributed by atoms with Gasteiger partial charge < -0.3 is 4.74 Å². The van der Waals surface area contributed by atoms with Crippen LogP contribution in [0.15, 0.2) is 53.8 Å². The molecule has 8 heteroatoms. The predicted octanol–water partition coefficient (Wildman–Crippen LogP) is 2.67. The highest BCUT2D eigenvalue weighted by atomic mass is 32.2. The number of rotatable bonds is 7. The maximum atomic E-state index is 12.5. The zero-order valence-electron chi connectivity index (χ0n) is 15.5. The summed E-state index contributed by atoms with van der Waals surface area (Å²) in [6, 6.07) is 8.53. The summed E-state index contributed by atoms with van der Waals surface area (Å²) in [4.78, 5) is 4.59. The predicted molar refractivity (Wildman–Crippen MR) is 103 cm³/mol. The summed E-state index contributed by atoms with van der Waals surface area (Å²) >= 11 is 0. The highest BCUT2D eigenvalue weighted by Gasteiger charge is 2.15. The number of ether oxygens (including phenoxy) is 1. The van der Waals surface area contributed by atoms with Crippen molar-refractivity contribution in [2.75, 3.05) is 6.61 Å². The minimum atomic E-state index is -3.62. The highest BCUT2D eigenvalue weighted by Crippen LogP contribution is 2.22. The molecule has 0 saturated carbocycles. The first-order chi connectivity index (χ1) is 12.9. The largest absolute Gasteiger partial charge is 0.494 e. The van der Waals surface area contributed by atoms with Gasteiger partial charge in [0.05, 0.1) is 23.4 Å². The molecule has 0 saturated heterocycles. The summed E-state index contributed by atoms with van der Waals surface area (Å²) in [6.07, 6.45) is 5.27. The lowest BCUT2D eigenvalue weighted by Gasteiger charge is -2.11. The van der Waals surface area contributed by atoms with E-state index in [0.29, 0.717) is 12.4 Å². The molecule has 2 heterocycles. The van der Waals surface area contributed by atoms with Crippen LogP contribution in [0.25, 0.3) is 11.3 Å². The maximum absolute atomic E-state index is 12.5. The standard InChI is InChI=1S/C19H22N4O3S/c1-4-26-19-8-6-17(9-14(19)2)27(24,25)22-11-15-5-7-18(20-10-15)16-12-21-23(3)13-16/h5-10,12-13,22H,4,11H2,1-3H3. The van der Waals surface area contributed by atoms with Crippen LogP contribution >= 0.6 is 0 Å². The van der Waals surface area contributed by atoms with Crippen molar-refractivity contribution in [1.82, 2.24) is 19.5 Å². The third kappa shape index (κ3) is 4.53. The number of sulfonamides is 1. The van der Waals surface area contributed by atoms with Gasteiger partial charge in [-0.1, -0.05) is 6.07 Å². The molecule has 1 aromatic carbocycles. The smallest absolute Gasteiger partial charge is 0.240 e. The van der Waals surface area contributed by atoms with Crippen LogP contribution in [0.2, 0.25) is 0 Å². The van der Waals surface area contributed by atoms with E-state index in [1.165, 1.54) is 0 Å². The summed E-state index contributed by atoms with van der Waals surface area (Å²) < 4.78 is 34.8. The molecule has 0 amide bonds. The molecular formula is C19H22N4O3S. The second kappa shape index (κ2) is 7.89. The molecule has 2 aromatic heterocycles. The van der Waals surface area contributed by atoms with Gasteiger partial charge in [-0.05, 0) is 49.2 Å². The molecule has 3 aromatic rings. The van der Waals surface area contributed by atoms with Crippen LogP contribution in [0.4, 0.5) is 0 Å². The number of nitrogens with one attached hydrogen (secondary N) is 1. The van der Waals surface area contributed by atoms with Crippen molar-refractivity contribution in [3.8, 4) is 17.0 Å². The third-order valence-corrected chi connectivity index (χ3v) is 5.45. The first-order valence-corrected chi connectivity index (χ1v) is 10.0. The summed E-state index contributed by atoms with van der Waals surface area (Å²) in [6.45, 7) is 4.41. The molecule has 0 atom stereocenters. The zero-order valence-corrected chi connectivity index (χ0v) is 16.3. The van der Waals surface area contributed by atoms with Crippen molar-refractivity contribution in [3.63, 3.8) is 0 Å². The SMILES string of the molecule is CCOc1ccc(S(=O)(=O)NCc2ccc(-c3cnn(C)c3)nc2)cc1C. The van der Waals surface area contributed by atoms with E-state index < -0.39 is 10.0 Å². The van der Waals surface area contributed by atoms with Crippen molar-refractivity contribution in [2.24, 2.45) is 7.05 Å². The molecule has 0 radical (unpaired) electrons. The second-order valence-electron chi connectivity index (χ2n) is 6.14. The first kappa shape index (κ1) is 19.1. The van der Waals surface area contributed by atoms with Crippen molar-refractivity contribution < 1.29 is 13.2 Å². The Hall–Kier alpha value is -2.71. The number of pyridine rings is 1. The average molecular weight is 386 g/mol. The minimum absolute atomic E-state index is 0.162. The van der Waals surface area contributed by atoms with Gasteiger partial charge in [-0.25, -0.2) is 13.1 Å².